The second kappa shape index (κ2) is 5.17. The normalized spacial score (nSPS) is 10.5. The molecule has 0 spiro atoms. The van der Waals surface area contributed by atoms with Gasteiger partial charge in [-0.3, -0.25) is 29.9 Å². The van der Waals surface area contributed by atoms with E-state index in [4.69, 9.17) is 4.74 Å². The Labute approximate surface area is 122 Å². The third kappa shape index (κ3) is 2.44. The Bertz CT molecular complexity index is 972. The Morgan fingerprint density at radius 3 is 2.09 bits per heavy atom. The summed E-state index contributed by atoms with van der Waals surface area (Å²) in [5.41, 5.74) is -0.894. The predicted octanol–water partition coefficient (Wildman–Crippen LogP) is 1.92. The Morgan fingerprint density at radius 1 is 0.864 bits per heavy atom. The minimum atomic E-state index is -0.508. The molecule has 2 N–H and O–H groups in total. The third-order valence-electron chi connectivity index (χ3n) is 3.05. The lowest BCUT2D eigenvalue weighted by Crippen LogP contribution is -2.18. The fourth-order valence-corrected chi connectivity index (χ4v) is 1.99. The van der Waals surface area contributed by atoms with Crippen LogP contribution in [0.3, 0.4) is 0 Å². The van der Waals surface area contributed by atoms with Gasteiger partial charge in [0.15, 0.2) is 0 Å². The zero-order chi connectivity index (χ0) is 15.7. The van der Waals surface area contributed by atoms with Gasteiger partial charge in [0, 0.05) is 12.1 Å². The number of nitrogens with one attached hydrogen (secondary N) is 2. The molecule has 3 aromatic rings. The van der Waals surface area contributed by atoms with Crippen LogP contribution in [0, 0.1) is 10.1 Å². The number of nitro groups is 1. The maximum atomic E-state index is 11.7. The number of aromatic nitrogens is 2. The molecule has 2 aromatic carbocycles. The van der Waals surface area contributed by atoms with Gasteiger partial charge in [-0.25, -0.2) is 0 Å². The van der Waals surface area contributed by atoms with E-state index >= 15 is 0 Å². The number of aromatic amines is 2. The Morgan fingerprint density at radius 2 is 1.45 bits per heavy atom. The van der Waals surface area contributed by atoms with E-state index in [1.807, 2.05) is 0 Å². The number of hydrogen-bond acceptors (Lipinski definition) is 5. The molecule has 3 rings (SSSR count). The van der Waals surface area contributed by atoms with Gasteiger partial charge in [-0.05, 0) is 30.3 Å². The van der Waals surface area contributed by atoms with Crippen molar-refractivity contribution in [3.05, 3.63) is 73.3 Å². The average Bonchev–Trinajstić information content (AvgIpc) is 2.52. The van der Waals surface area contributed by atoms with Crippen molar-refractivity contribution in [1.29, 1.82) is 0 Å². The molecule has 1 aromatic heterocycles. The highest BCUT2D eigenvalue weighted by Gasteiger charge is 2.07. The van der Waals surface area contributed by atoms with Gasteiger partial charge in [0.1, 0.15) is 11.5 Å². The molecule has 1 heterocycles. The van der Waals surface area contributed by atoms with Crippen molar-refractivity contribution in [3.63, 3.8) is 0 Å². The van der Waals surface area contributed by atoms with Crippen molar-refractivity contribution in [2.24, 2.45) is 0 Å². The molecular weight excluding hydrogens is 290 g/mol. The first-order valence-electron chi connectivity index (χ1n) is 6.21. The number of H-pyrrole nitrogens is 2. The molecular formula is C14H9N3O5. The quantitative estimate of drug-likeness (QED) is 0.565. The number of benzene rings is 2. The molecule has 0 unspecified atom stereocenters. The molecule has 0 amide bonds. The van der Waals surface area contributed by atoms with Crippen molar-refractivity contribution >= 4 is 16.5 Å². The van der Waals surface area contributed by atoms with Gasteiger partial charge in [-0.15, -0.1) is 0 Å². The van der Waals surface area contributed by atoms with Crippen molar-refractivity contribution in [3.8, 4) is 11.5 Å². The number of rotatable bonds is 3. The second-order valence-corrected chi connectivity index (χ2v) is 4.47. The van der Waals surface area contributed by atoms with Gasteiger partial charge in [-0.1, -0.05) is 0 Å². The zero-order valence-corrected chi connectivity index (χ0v) is 11.0. The lowest BCUT2D eigenvalue weighted by molar-refractivity contribution is -0.384. The SMILES string of the molecule is O=c1[nH][nH]c(=O)c2cc(Oc3ccc([N+](=O)[O-])cc3)ccc12. The van der Waals surface area contributed by atoms with Crippen LogP contribution in [-0.2, 0) is 0 Å². The molecule has 8 nitrogen and oxygen atoms in total. The smallest absolute Gasteiger partial charge is 0.270 e. The molecule has 110 valence electrons. The van der Waals surface area contributed by atoms with Crippen LogP contribution in [-0.4, -0.2) is 15.1 Å². The van der Waals surface area contributed by atoms with E-state index in [0.29, 0.717) is 11.5 Å². The number of non-ortho nitro benzene ring substituents is 1. The van der Waals surface area contributed by atoms with E-state index < -0.39 is 16.0 Å². The summed E-state index contributed by atoms with van der Waals surface area (Å²) in [5.74, 6) is 0.726. The Balaban J connectivity index is 1.97. The van der Waals surface area contributed by atoms with Crippen LogP contribution >= 0.6 is 0 Å². The monoisotopic (exact) mass is 299 g/mol. The fraction of sp³-hybridized carbons (Fsp3) is 0. The van der Waals surface area contributed by atoms with E-state index in [0.717, 1.165) is 0 Å². The van der Waals surface area contributed by atoms with Crippen LogP contribution in [0.2, 0.25) is 0 Å². The summed E-state index contributed by atoms with van der Waals surface area (Å²) in [5, 5.41) is 15.5. The van der Waals surface area contributed by atoms with Crippen LogP contribution in [0.4, 0.5) is 5.69 Å². The highest BCUT2D eigenvalue weighted by Crippen LogP contribution is 2.25. The van der Waals surface area contributed by atoms with Crippen LogP contribution in [0.25, 0.3) is 10.8 Å². The Hall–Kier alpha value is -3.42. The van der Waals surface area contributed by atoms with Crippen LogP contribution in [0.15, 0.2) is 52.1 Å². The predicted molar refractivity (Wildman–Crippen MR) is 78.4 cm³/mol. The van der Waals surface area contributed by atoms with Gasteiger partial charge < -0.3 is 4.74 Å². The van der Waals surface area contributed by atoms with Gasteiger partial charge in [0.2, 0.25) is 0 Å². The lowest BCUT2D eigenvalue weighted by Gasteiger charge is -2.06. The highest BCUT2D eigenvalue weighted by molar-refractivity contribution is 5.81. The molecule has 0 fully saturated rings. The summed E-state index contributed by atoms with van der Waals surface area (Å²) in [6.07, 6.45) is 0. The second-order valence-electron chi connectivity index (χ2n) is 4.47. The summed E-state index contributed by atoms with van der Waals surface area (Å²) < 4.78 is 5.53. The molecule has 0 saturated heterocycles. The number of nitro benzene ring substituents is 1. The van der Waals surface area contributed by atoms with Crippen molar-refractivity contribution in [2.45, 2.75) is 0 Å². The molecule has 0 atom stereocenters. The van der Waals surface area contributed by atoms with Gasteiger partial charge in [0.05, 0.1) is 15.7 Å². The highest BCUT2D eigenvalue weighted by atomic mass is 16.6. The molecule has 0 aliphatic rings. The lowest BCUT2D eigenvalue weighted by atomic mass is 10.2. The molecule has 0 radical (unpaired) electrons. The third-order valence-corrected chi connectivity index (χ3v) is 3.05. The molecule has 0 aliphatic heterocycles. The summed E-state index contributed by atoms with van der Waals surface area (Å²) >= 11 is 0. The topological polar surface area (TPSA) is 118 Å². The summed E-state index contributed by atoms with van der Waals surface area (Å²) in [6.45, 7) is 0. The first-order valence-corrected chi connectivity index (χ1v) is 6.21. The minimum absolute atomic E-state index is 0.0474. The minimum Gasteiger partial charge on any atom is -0.457 e. The molecule has 0 saturated carbocycles. The maximum Gasteiger partial charge on any atom is 0.270 e. The van der Waals surface area contributed by atoms with Crippen LogP contribution in [0.5, 0.6) is 11.5 Å². The van der Waals surface area contributed by atoms with Gasteiger partial charge in [0.25, 0.3) is 16.8 Å². The van der Waals surface area contributed by atoms with Crippen LogP contribution < -0.4 is 15.9 Å². The number of hydrogen-bond donors (Lipinski definition) is 2. The fourth-order valence-electron chi connectivity index (χ4n) is 1.99. The molecule has 0 aliphatic carbocycles. The number of nitrogens with zero attached hydrogens (tertiary/aromatic N) is 1. The molecule has 0 bridgehead atoms. The maximum absolute atomic E-state index is 11.7. The average molecular weight is 299 g/mol. The number of ether oxygens (including phenoxy) is 1. The standard InChI is InChI=1S/C14H9N3O5/c18-13-11-6-5-10(7-12(11)14(19)16-15-13)22-9-3-1-8(2-4-9)17(20)21/h1-7H,(H,15,18)(H,16,19). The van der Waals surface area contributed by atoms with E-state index in [1.54, 1.807) is 6.07 Å². The first-order chi connectivity index (χ1) is 10.5. The van der Waals surface area contributed by atoms with Crippen LogP contribution in [0.1, 0.15) is 0 Å². The van der Waals surface area contributed by atoms with Gasteiger partial charge >= 0.3 is 0 Å². The number of fused-ring (bicyclic) bond motifs is 1. The van der Waals surface area contributed by atoms with Crippen molar-refractivity contribution in [2.75, 3.05) is 0 Å². The van der Waals surface area contributed by atoms with Gasteiger partial charge in [-0.2, -0.15) is 0 Å². The Kier molecular flexibility index (Phi) is 3.18. The molecule has 22 heavy (non-hydrogen) atoms. The summed E-state index contributed by atoms with van der Waals surface area (Å²) in [4.78, 5) is 33.3. The zero-order valence-electron chi connectivity index (χ0n) is 11.0. The largest absolute Gasteiger partial charge is 0.457 e. The van der Waals surface area contributed by atoms with E-state index in [9.17, 15) is 19.7 Å². The van der Waals surface area contributed by atoms with E-state index in [-0.39, 0.29) is 16.5 Å². The summed E-state index contributed by atoms with van der Waals surface area (Å²) in [7, 11) is 0. The van der Waals surface area contributed by atoms with Crippen molar-refractivity contribution in [1.82, 2.24) is 10.2 Å². The first kappa shape index (κ1) is 13.6. The van der Waals surface area contributed by atoms with Crippen molar-refractivity contribution < 1.29 is 9.66 Å². The van der Waals surface area contributed by atoms with E-state index in [1.165, 1.54) is 36.4 Å². The van der Waals surface area contributed by atoms with E-state index in [2.05, 4.69) is 10.2 Å². The summed E-state index contributed by atoms with van der Waals surface area (Å²) in [6, 6.07) is 9.98. The molecule has 8 heteroatoms.